The molecule has 0 aromatic heterocycles. The maximum absolute atomic E-state index is 9.45. The molecule has 0 fully saturated rings. The Bertz CT molecular complexity index is 163. The molecule has 0 spiro atoms. The molecule has 0 aliphatic carbocycles. The summed E-state index contributed by atoms with van der Waals surface area (Å²) >= 11 is 9.55. The SMILES string of the molecule is O.O=C(Cl)CCl.c1ccccc1. The lowest BCUT2D eigenvalue weighted by molar-refractivity contribution is -0.109. The molecule has 0 saturated carbocycles. The average Bonchev–Trinajstić information content (AvgIpc) is 2.09. The number of carbonyl (C=O) groups excluding carboxylic acids is 1. The van der Waals surface area contributed by atoms with Gasteiger partial charge < -0.3 is 5.48 Å². The van der Waals surface area contributed by atoms with E-state index in [-0.39, 0.29) is 11.4 Å². The van der Waals surface area contributed by atoms with E-state index in [9.17, 15) is 4.79 Å². The van der Waals surface area contributed by atoms with Crippen LogP contribution in [0.25, 0.3) is 0 Å². The molecule has 1 aromatic carbocycles. The van der Waals surface area contributed by atoms with Gasteiger partial charge in [0.1, 0.15) is 0 Å². The molecule has 0 unspecified atom stereocenters. The number of carbonyl (C=O) groups is 1. The summed E-state index contributed by atoms with van der Waals surface area (Å²) in [5.41, 5.74) is 0. The first-order valence-corrected chi connectivity index (χ1v) is 3.93. The fourth-order valence-corrected chi connectivity index (χ4v) is 0.385. The molecule has 4 heteroatoms. The van der Waals surface area contributed by atoms with Gasteiger partial charge in [0.05, 0.1) is 5.88 Å². The van der Waals surface area contributed by atoms with Gasteiger partial charge in [-0.25, -0.2) is 0 Å². The van der Waals surface area contributed by atoms with Crippen LogP contribution in [0.15, 0.2) is 36.4 Å². The minimum absolute atomic E-state index is 0. The van der Waals surface area contributed by atoms with Crippen molar-refractivity contribution in [2.45, 2.75) is 0 Å². The first-order chi connectivity index (χ1) is 5.27. The van der Waals surface area contributed by atoms with Crippen LogP contribution in [0.2, 0.25) is 0 Å². The molecule has 12 heavy (non-hydrogen) atoms. The maximum atomic E-state index is 9.45. The van der Waals surface area contributed by atoms with E-state index in [4.69, 9.17) is 23.2 Å². The van der Waals surface area contributed by atoms with Crippen molar-refractivity contribution in [3.05, 3.63) is 36.4 Å². The molecule has 0 bridgehead atoms. The second-order valence-corrected chi connectivity index (χ2v) is 2.33. The van der Waals surface area contributed by atoms with E-state index in [0.29, 0.717) is 0 Å². The molecule has 0 aliphatic rings. The smallest absolute Gasteiger partial charge is 0.236 e. The number of alkyl halides is 1. The third-order valence-electron chi connectivity index (χ3n) is 0.772. The van der Waals surface area contributed by atoms with Crippen LogP contribution in [0, 0.1) is 0 Å². The first kappa shape index (κ1) is 14.0. The second-order valence-electron chi connectivity index (χ2n) is 1.64. The highest BCUT2D eigenvalue weighted by molar-refractivity contribution is 6.67. The van der Waals surface area contributed by atoms with Crippen molar-refractivity contribution in [3.63, 3.8) is 0 Å². The fourth-order valence-electron chi connectivity index (χ4n) is 0.385. The van der Waals surface area contributed by atoms with Gasteiger partial charge in [0.25, 0.3) is 0 Å². The minimum Gasteiger partial charge on any atom is -0.412 e. The number of benzene rings is 1. The van der Waals surface area contributed by atoms with Gasteiger partial charge in [-0.05, 0) is 11.6 Å². The molecule has 2 nitrogen and oxygen atoms in total. The summed E-state index contributed by atoms with van der Waals surface area (Å²) in [7, 11) is 0. The minimum atomic E-state index is -0.508. The number of rotatable bonds is 1. The van der Waals surface area contributed by atoms with Gasteiger partial charge in [-0.3, -0.25) is 4.79 Å². The summed E-state index contributed by atoms with van der Waals surface area (Å²) in [6, 6.07) is 12.0. The van der Waals surface area contributed by atoms with Crippen molar-refractivity contribution in [2.24, 2.45) is 0 Å². The van der Waals surface area contributed by atoms with Gasteiger partial charge in [0.15, 0.2) is 0 Å². The van der Waals surface area contributed by atoms with Gasteiger partial charge in [-0.1, -0.05) is 36.4 Å². The van der Waals surface area contributed by atoms with Crippen LogP contribution < -0.4 is 0 Å². The normalized spacial score (nSPS) is 7.17. The predicted octanol–water partition coefficient (Wildman–Crippen LogP) is 1.85. The Labute approximate surface area is 81.4 Å². The summed E-state index contributed by atoms with van der Waals surface area (Å²) in [5, 5.41) is -0.508. The Morgan fingerprint density at radius 2 is 1.17 bits per heavy atom. The highest BCUT2D eigenvalue weighted by Gasteiger charge is 1.83. The lowest BCUT2D eigenvalue weighted by Gasteiger charge is -1.69. The highest BCUT2D eigenvalue weighted by atomic mass is 35.5. The van der Waals surface area contributed by atoms with E-state index in [1.807, 2.05) is 36.4 Å². The monoisotopic (exact) mass is 208 g/mol. The van der Waals surface area contributed by atoms with E-state index < -0.39 is 5.24 Å². The van der Waals surface area contributed by atoms with Crippen LogP contribution in [0.3, 0.4) is 0 Å². The van der Waals surface area contributed by atoms with E-state index >= 15 is 0 Å². The predicted molar refractivity (Wildman–Crippen MR) is 51.6 cm³/mol. The Hall–Kier alpha value is -0.570. The lowest BCUT2D eigenvalue weighted by Crippen LogP contribution is -1.81. The van der Waals surface area contributed by atoms with E-state index in [1.54, 1.807) is 0 Å². The Morgan fingerprint density at radius 3 is 1.25 bits per heavy atom. The van der Waals surface area contributed by atoms with Crippen molar-refractivity contribution in [1.82, 2.24) is 0 Å². The molecular formula is C8H10Cl2O2. The summed E-state index contributed by atoms with van der Waals surface area (Å²) in [6.45, 7) is 0. The van der Waals surface area contributed by atoms with Gasteiger partial charge in [0.2, 0.25) is 5.24 Å². The van der Waals surface area contributed by atoms with Gasteiger partial charge in [0, 0.05) is 0 Å². The number of hydrogen-bond acceptors (Lipinski definition) is 1. The van der Waals surface area contributed by atoms with Crippen molar-refractivity contribution < 1.29 is 10.3 Å². The van der Waals surface area contributed by atoms with Crippen LogP contribution in [0.4, 0.5) is 0 Å². The van der Waals surface area contributed by atoms with Gasteiger partial charge in [-0.15, -0.1) is 11.6 Å². The van der Waals surface area contributed by atoms with Crippen molar-refractivity contribution in [2.75, 3.05) is 5.88 Å². The lowest BCUT2D eigenvalue weighted by atomic mass is 10.4. The molecule has 1 rings (SSSR count). The molecule has 1 aromatic rings. The van der Waals surface area contributed by atoms with Crippen LogP contribution in [-0.4, -0.2) is 16.6 Å². The highest BCUT2D eigenvalue weighted by Crippen LogP contribution is 1.80. The Kier molecular flexibility index (Phi) is 12.2. The van der Waals surface area contributed by atoms with Gasteiger partial charge >= 0.3 is 0 Å². The molecule has 0 heterocycles. The van der Waals surface area contributed by atoms with Gasteiger partial charge in [-0.2, -0.15) is 0 Å². The Morgan fingerprint density at radius 1 is 1.00 bits per heavy atom. The zero-order valence-corrected chi connectivity index (χ0v) is 7.85. The van der Waals surface area contributed by atoms with Crippen molar-refractivity contribution in [3.8, 4) is 0 Å². The molecule has 2 N–H and O–H groups in total. The quantitative estimate of drug-likeness (QED) is 0.514. The average molecular weight is 209 g/mol. The number of hydrogen-bond donors (Lipinski definition) is 0. The summed E-state index contributed by atoms with van der Waals surface area (Å²) in [6.07, 6.45) is 0. The van der Waals surface area contributed by atoms with Crippen LogP contribution in [0.5, 0.6) is 0 Å². The molecule has 0 atom stereocenters. The Balaban J connectivity index is 0. The number of halogens is 2. The summed E-state index contributed by atoms with van der Waals surface area (Å²) < 4.78 is 0. The zero-order chi connectivity index (χ0) is 8.53. The first-order valence-electron chi connectivity index (χ1n) is 3.01. The molecular weight excluding hydrogens is 199 g/mol. The van der Waals surface area contributed by atoms with E-state index in [0.717, 1.165) is 0 Å². The summed E-state index contributed by atoms with van der Waals surface area (Å²) in [5.74, 6) is -0.0957. The third kappa shape index (κ3) is 12.1. The largest absolute Gasteiger partial charge is 0.412 e. The van der Waals surface area contributed by atoms with Crippen LogP contribution in [0.1, 0.15) is 0 Å². The fraction of sp³-hybridized carbons (Fsp3) is 0.125. The standard InChI is InChI=1S/C6H6.C2H2Cl2O.H2O/c1-2-4-6-5-3-1;3-1-2(4)5;/h1-6H;1H2;1H2. The van der Waals surface area contributed by atoms with Crippen molar-refractivity contribution >= 4 is 28.4 Å². The molecule has 68 valence electrons. The van der Waals surface area contributed by atoms with Crippen LogP contribution >= 0.6 is 23.2 Å². The topological polar surface area (TPSA) is 48.6 Å². The van der Waals surface area contributed by atoms with E-state index in [2.05, 4.69) is 0 Å². The van der Waals surface area contributed by atoms with Crippen molar-refractivity contribution in [1.29, 1.82) is 0 Å². The van der Waals surface area contributed by atoms with Crippen LogP contribution in [-0.2, 0) is 4.79 Å². The molecule has 0 aliphatic heterocycles. The zero-order valence-electron chi connectivity index (χ0n) is 6.34. The van der Waals surface area contributed by atoms with E-state index in [1.165, 1.54) is 0 Å². The molecule has 0 saturated heterocycles. The second kappa shape index (κ2) is 10.4. The molecule has 0 radical (unpaired) electrons. The maximum Gasteiger partial charge on any atom is 0.236 e. The summed E-state index contributed by atoms with van der Waals surface area (Å²) in [4.78, 5) is 9.45. The molecule has 0 amide bonds. The third-order valence-corrected chi connectivity index (χ3v) is 1.28.